The lowest BCUT2D eigenvalue weighted by molar-refractivity contribution is -0.131. The number of anilines is 1. The van der Waals surface area contributed by atoms with Gasteiger partial charge in [0.05, 0.1) is 17.8 Å². The van der Waals surface area contributed by atoms with E-state index in [1.54, 1.807) is 65.6 Å². The number of carbonyl (C=O) groups excluding carboxylic acids is 4. The number of benzene rings is 3. The number of carbonyl (C=O) groups is 4. The van der Waals surface area contributed by atoms with Crippen LogP contribution in [0.5, 0.6) is 5.75 Å². The lowest BCUT2D eigenvalue weighted by Crippen LogP contribution is -2.48. The number of rotatable bonds is 3. The Morgan fingerprint density at radius 1 is 0.892 bits per heavy atom. The van der Waals surface area contributed by atoms with Crippen LogP contribution in [0, 0.1) is 11.2 Å². The van der Waals surface area contributed by atoms with Crippen LogP contribution >= 0.6 is 0 Å². The van der Waals surface area contributed by atoms with E-state index in [1.165, 1.54) is 32.0 Å². The topological polar surface area (TPSA) is 80.8 Å². The van der Waals surface area contributed by atoms with Crippen molar-refractivity contribution in [2.45, 2.75) is 31.8 Å². The van der Waals surface area contributed by atoms with Crippen molar-refractivity contribution in [1.29, 1.82) is 0 Å². The average molecular weight is 496 g/mol. The van der Waals surface area contributed by atoms with Crippen LogP contribution in [0.25, 0.3) is 6.08 Å². The number of fused-ring (bicyclic) bond motifs is 5. The first-order chi connectivity index (χ1) is 17.8. The molecule has 37 heavy (non-hydrogen) atoms. The summed E-state index contributed by atoms with van der Waals surface area (Å²) >= 11 is 0. The van der Waals surface area contributed by atoms with Gasteiger partial charge in [-0.1, -0.05) is 66.7 Å². The smallest absolute Gasteiger partial charge is 0.308 e. The van der Waals surface area contributed by atoms with Gasteiger partial charge in [-0.2, -0.15) is 0 Å². The van der Waals surface area contributed by atoms with Crippen molar-refractivity contribution in [2.75, 3.05) is 4.90 Å². The third-order valence-corrected chi connectivity index (χ3v) is 7.70. The predicted octanol–water partition coefficient (Wildman–Crippen LogP) is 4.77. The van der Waals surface area contributed by atoms with Crippen molar-refractivity contribution in [1.82, 2.24) is 0 Å². The fourth-order valence-corrected chi connectivity index (χ4v) is 6.44. The van der Waals surface area contributed by atoms with Crippen LogP contribution in [0.15, 0.2) is 72.8 Å². The maximum absolute atomic E-state index is 15.5. The van der Waals surface area contributed by atoms with E-state index in [2.05, 4.69) is 0 Å². The standard InChI is InChI=1S/C30H22FNO5/c1-16(33)26-25(21-11-5-6-12-22(21)31)30(28(35)19-9-3-4-10-20(19)29(30)36)24-15-14-18-8-7-13-23(37-17(2)34)27(18)32(24)26/h3-15,24-26H,1-2H3/t24-,25-,26-/m1/s1. The quantitative estimate of drug-likeness (QED) is 0.296. The summed E-state index contributed by atoms with van der Waals surface area (Å²) < 4.78 is 21.0. The molecule has 0 saturated carbocycles. The van der Waals surface area contributed by atoms with Crippen LogP contribution < -0.4 is 9.64 Å². The molecule has 3 aromatic rings. The summed E-state index contributed by atoms with van der Waals surface area (Å²) in [6, 6.07) is 15.6. The number of ketones is 3. The lowest BCUT2D eigenvalue weighted by atomic mass is 9.64. The fourth-order valence-electron chi connectivity index (χ4n) is 6.44. The molecule has 0 aromatic heterocycles. The van der Waals surface area contributed by atoms with Crippen LogP contribution in [0.1, 0.15) is 51.6 Å². The monoisotopic (exact) mass is 495 g/mol. The number of nitrogens with zero attached hydrogens (tertiary/aromatic N) is 1. The fraction of sp³-hybridized carbons (Fsp3) is 0.200. The van der Waals surface area contributed by atoms with E-state index in [9.17, 15) is 19.2 Å². The Morgan fingerprint density at radius 3 is 2.16 bits per heavy atom. The van der Waals surface area contributed by atoms with E-state index in [-0.39, 0.29) is 28.2 Å². The molecule has 2 heterocycles. The highest BCUT2D eigenvalue weighted by atomic mass is 19.1. The second kappa shape index (κ2) is 8.06. The molecule has 0 radical (unpaired) electrons. The Balaban J connectivity index is 1.70. The molecule has 2 aliphatic heterocycles. The second-order valence-electron chi connectivity index (χ2n) is 9.63. The Hall–Kier alpha value is -4.39. The third-order valence-electron chi connectivity index (χ3n) is 7.70. The Morgan fingerprint density at radius 2 is 1.54 bits per heavy atom. The van der Waals surface area contributed by atoms with Gasteiger partial charge in [-0.05, 0) is 24.6 Å². The number of hydrogen-bond acceptors (Lipinski definition) is 6. The molecule has 0 amide bonds. The SMILES string of the molecule is CC(=O)Oc1cccc2c1N1[C@H](C(C)=O)[C@@H](c3ccccc3F)C3(C(=O)c4ccccc4C3=O)[C@H]1C=C2. The summed E-state index contributed by atoms with van der Waals surface area (Å²) in [4.78, 5) is 55.7. The van der Waals surface area contributed by atoms with E-state index in [0.29, 0.717) is 11.3 Å². The molecule has 3 aliphatic rings. The van der Waals surface area contributed by atoms with Gasteiger partial charge in [-0.25, -0.2) is 4.39 Å². The van der Waals surface area contributed by atoms with Crippen molar-refractivity contribution in [3.8, 4) is 5.75 Å². The van der Waals surface area contributed by atoms with Gasteiger partial charge in [0, 0.05) is 29.5 Å². The van der Waals surface area contributed by atoms with Gasteiger partial charge in [0.15, 0.2) is 23.1 Å². The molecule has 6 rings (SSSR count). The second-order valence-corrected chi connectivity index (χ2v) is 9.63. The van der Waals surface area contributed by atoms with Crippen molar-refractivity contribution in [2.24, 2.45) is 5.41 Å². The summed E-state index contributed by atoms with van der Waals surface area (Å²) in [5.74, 6) is -3.32. The molecule has 1 aliphatic carbocycles. The van der Waals surface area contributed by atoms with Crippen LogP contribution in [-0.2, 0) is 9.59 Å². The van der Waals surface area contributed by atoms with E-state index >= 15 is 4.39 Å². The molecule has 0 N–H and O–H groups in total. The van der Waals surface area contributed by atoms with Gasteiger partial charge in [0.2, 0.25) is 0 Å². The van der Waals surface area contributed by atoms with E-state index < -0.39 is 46.8 Å². The van der Waals surface area contributed by atoms with Gasteiger partial charge in [0.25, 0.3) is 0 Å². The zero-order valence-corrected chi connectivity index (χ0v) is 20.1. The van der Waals surface area contributed by atoms with Crippen LogP contribution in [0.2, 0.25) is 0 Å². The first kappa shape index (κ1) is 23.0. The van der Waals surface area contributed by atoms with E-state index in [4.69, 9.17) is 4.74 Å². The number of esters is 1. The van der Waals surface area contributed by atoms with Crippen molar-refractivity contribution in [3.63, 3.8) is 0 Å². The van der Waals surface area contributed by atoms with Crippen molar-refractivity contribution in [3.05, 3.63) is 101 Å². The lowest BCUT2D eigenvalue weighted by Gasteiger charge is -2.37. The molecule has 3 atom stereocenters. The summed E-state index contributed by atoms with van der Waals surface area (Å²) in [6.45, 7) is 2.64. The summed E-state index contributed by atoms with van der Waals surface area (Å²) in [5.41, 5.74) is -0.0941. The van der Waals surface area contributed by atoms with Crippen molar-refractivity contribution < 1.29 is 28.3 Å². The number of Topliss-reactive ketones (excluding diaryl/α,β-unsaturated/α-hetero) is 3. The minimum Gasteiger partial charge on any atom is -0.424 e. The number of para-hydroxylation sites is 1. The van der Waals surface area contributed by atoms with E-state index in [1.807, 2.05) is 0 Å². The third kappa shape index (κ3) is 2.97. The van der Waals surface area contributed by atoms with Crippen molar-refractivity contribution >= 4 is 35.1 Å². The summed E-state index contributed by atoms with van der Waals surface area (Å²) in [6.07, 6.45) is 3.49. The number of ether oxygens (including phenoxy) is 1. The van der Waals surface area contributed by atoms with Crippen LogP contribution in [-0.4, -0.2) is 35.4 Å². The molecule has 3 aromatic carbocycles. The van der Waals surface area contributed by atoms with Gasteiger partial charge in [0.1, 0.15) is 11.2 Å². The van der Waals surface area contributed by atoms with Gasteiger partial charge in [-0.15, -0.1) is 0 Å². The molecule has 0 unspecified atom stereocenters. The normalized spacial score (nSPS) is 22.6. The molecule has 184 valence electrons. The minimum absolute atomic E-state index is 0.117. The highest BCUT2D eigenvalue weighted by Gasteiger charge is 2.71. The maximum atomic E-state index is 15.5. The van der Waals surface area contributed by atoms with E-state index in [0.717, 1.165) is 0 Å². The molecule has 0 bridgehead atoms. The zero-order chi connectivity index (χ0) is 26.1. The first-order valence-electron chi connectivity index (χ1n) is 12.0. The van der Waals surface area contributed by atoms with Crippen LogP contribution in [0.4, 0.5) is 10.1 Å². The minimum atomic E-state index is -1.79. The molecular weight excluding hydrogens is 473 g/mol. The molecule has 7 heteroatoms. The molecular formula is C30H22FNO5. The molecule has 1 spiro atoms. The van der Waals surface area contributed by atoms with Crippen LogP contribution in [0.3, 0.4) is 0 Å². The highest BCUT2D eigenvalue weighted by molar-refractivity contribution is 6.32. The number of halogens is 1. The largest absolute Gasteiger partial charge is 0.424 e. The summed E-state index contributed by atoms with van der Waals surface area (Å²) in [7, 11) is 0. The Kier molecular flexibility index (Phi) is 5.02. The number of hydrogen-bond donors (Lipinski definition) is 0. The maximum Gasteiger partial charge on any atom is 0.308 e. The zero-order valence-electron chi connectivity index (χ0n) is 20.1. The Labute approximate surface area is 212 Å². The predicted molar refractivity (Wildman–Crippen MR) is 134 cm³/mol. The first-order valence-corrected chi connectivity index (χ1v) is 12.0. The molecule has 6 nitrogen and oxygen atoms in total. The molecule has 1 saturated heterocycles. The Bertz CT molecular complexity index is 1520. The average Bonchev–Trinajstić information content (AvgIpc) is 3.30. The highest BCUT2D eigenvalue weighted by Crippen LogP contribution is 2.61. The summed E-state index contributed by atoms with van der Waals surface area (Å²) in [5, 5.41) is 0. The van der Waals surface area contributed by atoms with Gasteiger partial charge < -0.3 is 9.64 Å². The van der Waals surface area contributed by atoms with Gasteiger partial charge >= 0.3 is 5.97 Å². The van der Waals surface area contributed by atoms with Gasteiger partial charge in [-0.3, -0.25) is 19.2 Å². The molecule has 1 fully saturated rings.